The Morgan fingerprint density at radius 1 is 1.03 bits per heavy atom. The Morgan fingerprint density at radius 3 is 2.47 bits per heavy atom. The molecule has 30 heavy (non-hydrogen) atoms. The average molecular weight is 465 g/mol. The molecule has 2 N–H and O–H groups in total. The molecule has 0 saturated heterocycles. The Kier molecular flexibility index (Phi) is 7.69. The molecule has 0 radical (unpaired) electrons. The second kappa shape index (κ2) is 10.6. The highest BCUT2D eigenvalue weighted by atomic mass is 79.9. The number of anilines is 2. The summed E-state index contributed by atoms with van der Waals surface area (Å²) in [6.45, 7) is 4.41. The lowest BCUT2D eigenvalue weighted by molar-refractivity contribution is 0.261. The second-order valence-corrected chi connectivity index (χ2v) is 7.85. The van der Waals surface area contributed by atoms with E-state index in [1.165, 1.54) is 0 Å². The molecule has 0 atom stereocenters. The van der Waals surface area contributed by atoms with Gasteiger partial charge in [-0.05, 0) is 50.1 Å². The zero-order valence-corrected chi connectivity index (χ0v) is 18.7. The number of hydrogen-bond donors (Lipinski definition) is 2. The highest BCUT2D eigenvalue weighted by Gasteiger charge is 2.14. The molecule has 4 nitrogen and oxygen atoms in total. The van der Waals surface area contributed by atoms with Crippen LogP contribution in [0.15, 0.2) is 83.4 Å². The lowest BCUT2D eigenvalue weighted by atomic mass is 10.1. The molecule has 0 spiro atoms. The van der Waals surface area contributed by atoms with Crippen LogP contribution in [0.25, 0.3) is 0 Å². The number of amides is 2. The smallest absolute Gasteiger partial charge is 0.323 e. The average Bonchev–Trinajstić information content (AvgIpc) is 2.73. The third-order valence-electron chi connectivity index (χ3n) is 4.49. The zero-order valence-electron chi connectivity index (χ0n) is 17.1. The van der Waals surface area contributed by atoms with Crippen LogP contribution >= 0.6 is 15.9 Å². The lowest BCUT2D eigenvalue weighted by Crippen LogP contribution is -2.20. The quantitative estimate of drug-likeness (QED) is 0.366. The van der Waals surface area contributed by atoms with Gasteiger partial charge in [0, 0.05) is 15.7 Å². The van der Waals surface area contributed by atoms with E-state index in [-0.39, 0.29) is 6.03 Å². The van der Waals surface area contributed by atoms with E-state index in [0.717, 1.165) is 26.9 Å². The Labute approximate surface area is 186 Å². The number of benzene rings is 3. The van der Waals surface area contributed by atoms with Crippen molar-refractivity contribution < 1.29 is 9.53 Å². The van der Waals surface area contributed by atoms with Crippen molar-refractivity contribution in [2.45, 2.75) is 26.9 Å². The summed E-state index contributed by atoms with van der Waals surface area (Å²) in [6.07, 6.45) is 4.76. The molecular formula is C25H25BrN2O2. The van der Waals surface area contributed by atoms with Crippen LogP contribution in [0.5, 0.6) is 5.75 Å². The molecule has 3 rings (SSSR count). The van der Waals surface area contributed by atoms with E-state index in [2.05, 4.69) is 32.6 Å². The number of nitrogens with one attached hydrogen (secondary N) is 2. The number of urea groups is 1. The molecule has 154 valence electrons. The molecule has 0 fully saturated rings. The van der Waals surface area contributed by atoms with Gasteiger partial charge in [0.15, 0.2) is 0 Å². The minimum absolute atomic E-state index is 0.321. The summed E-state index contributed by atoms with van der Waals surface area (Å²) in [7, 11) is 0. The zero-order chi connectivity index (χ0) is 21.3. The fraction of sp³-hybridized carbons (Fsp3) is 0.160. The Balaban J connectivity index is 1.83. The van der Waals surface area contributed by atoms with Crippen LogP contribution in [0.3, 0.4) is 0 Å². The van der Waals surface area contributed by atoms with Crippen molar-refractivity contribution in [2.75, 3.05) is 10.6 Å². The number of carbonyl (C=O) groups excluding carboxylic acids is 1. The largest absolute Gasteiger partial charge is 0.486 e. The first-order valence-electron chi connectivity index (χ1n) is 9.80. The summed E-state index contributed by atoms with van der Waals surface area (Å²) in [5.41, 5.74) is 4.54. The van der Waals surface area contributed by atoms with Crippen LogP contribution in [-0.4, -0.2) is 6.03 Å². The van der Waals surface area contributed by atoms with Gasteiger partial charge in [0.2, 0.25) is 0 Å². The second-order valence-electron chi connectivity index (χ2n) is 6.93. The van der Waals surface area contributed by atoms with Crippen LogP contribution in [-0.2, 0) is 13.0 Å². The minimum Gasteiger partial charge on any atom is -0.486 e. The molecule has 0 bridgehead atoms. The molecule has 3 aromatic rings. The molecule has 2 amide bonds. The van der Waals surface area contributed by atoms with Gasteiger partial charge in [-0.25, -0.2) is 4.79 Å². The van der Waals surface area contributed by atoms with Gasteiger partial charge < -0.3 is 15.4 Å². The maximum Gasteiger partial charge on any atom is 0.323 e. The third-order valence-corrected chi connectivity index (χ3v) is 4.95. The summed E-state index contributed by atoms with van der Waals surface area (Å²) in [6, 6.07) is 21.2. The molecule has 0 aliphatic heterocycles. The van der Waals surface area contributed by atoms with Crippen molar-refractivity contribution in [3.63, 3.8) is 0 Å². The van der Waals surface area contributed by atoms with Gasteiger partial charge in [0.1, 0.15) is 12.4 Å². The van der Waals surface area contributed by atoms with Crippen LogP contribution in [0, 0.1) is 6.92 Å². The Morgan fingerprint density at radius 2 is 1.77 bits per heavy atom. The van der Waals surface area contributed by atoms with Gasteiger partial charge >= 0.3 is 6.03 Å². The van der Waals surface area contributed by atoms with Crippen molar-refractivity contribution in [3.8, 4) is 5.75 Å². The van der Waals surface area contributed by atoms with E-state index in [0.29, 0.717) is 24.5 Å². The van der Waals surface area contributed by atoms with Crippen LogP contribution < -0.4 is 15.4 Å². The van der Waals surface area contributed by atoms with Gasteiger partial charge in [-0.2, -0.15) is 0 Å². The molecule has 0 aliphatic rings. The molecule has 3 aromatic carbocycles. The van der Waals surface area contributed by atoms with Crippen LogP contribution in [0.2, 0.25) is 0 Å². The van der Waals surface area contributed by atoms with E-state index < -0.39 is 0 Å². The number of hydrogen-bond acceptors (Lipinski definition) is 2. The van der Waals surface area contributed by atoms with Crippen LogP contribution in [0.4, 0.5) is 16.2 Å². The number of rotatable bonds is 7. The van der Waals surface area contributed by atoms with Gasteiger partial charge in [-0.15, -0.1) is 0 Å². The first kappa shape index (κ1) is 21.7. The number of carbonyl (C=O) groups is 1. The normalized spacial score (nSPS) is 10.8. The summed E-state index contributed by atoms with van der Waals surface area (Å²) >= 11 is 3.55. The fourth-order valence-corrected chi connectivity index (χ4v) is 3.47. The summed E-state index contributed by atoms with van der Waals surface area (Å²) in [5, 5.41) is 5.80. The van der Waals surface area contributed by atoms with E-state index >= 15 is 0 Å². The van der Waals surface area contributed by atoms with Crippen molar-refractivity contribution >= 4 is 33.3 Å². The molecule has 0 unspecified atom stereocenters. The third kappa shape index (κ3) is 6.22. The SMILES string of the molecule is C/C=C/Cc1cc(Br)cc(NC(=O)Nc2ccc(C)cc2)c1OCc1ccccc1. The highest BCUT2D eigenvalue weighted by molar-refractivity contribution is 9.10. The van der Waals surface area contributed by atoms with Crippen LogP contribution in [0.1, 0.15) is 23.6 Å². The van der Waals surface area contributed by atoms with Crippen molar-refractivity contribution in [2.24, 2.45) is 0 Å². The van der Waals surface area contributed by atoms with Gasteiger partial charge in [0.25, 0.3) is 0 Å². The van der Waals surface area contributed by atoms with Gasteiger partial charge in [-0.1, -0.05) is 76.1 Å². The van der Waals surface area contributed by atoms with E-state index in [4.69, 9.17) is 4.74 Å². The highest BCUT2D eigenvalue weighted by Crippen LogP contribution is 2.34. The fourth-order valence-electron chi connectivity index (χ4n) is 2.96. The number of aryl methyl sites for hydroxylation is 1. The number of ether oxygens (including phenoxy) is 1. The first-order chi connectivity index (χ1) is 14.5. The molecule has 0 saturated carbocycles. The van der Waals surface area contributed by atoms with Crippen molar-refractivity contribution in [3.05, 3.63) is 100 Å². The van der Waals surface area contributed by atoms with E-state index in [1.807, 2.05) is 86.7 Å². The summed E-state index contributed by atoms with van der Waals surface area (Å²) in [5.74, 6) is 0.666. The Hall–Kier alpha value is -3.05. The summed E-state index contributed by atoms with van der Waals surface area (Å²) < 4.78 is 7.05. The first-order valence-corrected chi connectivity index (χ1v) is 10.6. The van der Waals surface area contributed by atoms with E-state index in [1.54, 1.807) is 0 Å². The van der Waals surface area contributed by atoms with Gasteiger partial charge in [0.05, 0.1) is 5.69 Å². The van der Waals surface area contributed by atoms with Crippen molar-refractivity contribution in [1.82, 2.24) is 0 Å². The predicted octanol–water partition coefficient (Wildman–Crippen LogP) is 7.10. The maximum atomic E-state index is 12.6. The summed E-state index contributed by atoms with van der Waals surface area (Å²) in [4.78, 5) is 12.6. The maximum absolute atomic E-state index is 12.6. The molecular weight excluding hydrogens is 440 g/mol. The molecule has 0 aromatic heterocycles. The molecule has 5 heteroatoms. The van der Waals surface area contributed by atoms with Crippen molar-refractivity contribution in [1.29, 1.82) is 0 Å². The molecule has 0 aliphatic carbocycles. The minimum atomic E-state index is -0.321. The molecule has 0 heterocycles. The monoisotopic (exact) mass is 464 g/mol. The standard InChI is InChI=1S/C25H25BrN2O2/c1-3-4-10-20-15-21(26)16-23(24(20)30-17-19-8-6-5-7-9-19)28-25(29)27-22-13-11-18(2)12-14-22/h3-9,11-16H,10,17H2,1-2H3,(H2,27,28,29)/b4-3+. The lowest BCUT2D eigenvalue weighted by Gasteiger charge is -2.17. The predicted molar refractivity (Wildman–Crippen MR) is 127 cm³/mol. The van der Waals surface area contributed by atoms with Gasteiger partial charge in [-0.3, -0.25) is 0 Å². The van der Waals surface area contributed by atoms with E-state index in [9.17, 15) is 4.79 Å². The topological polar surface area (TPSA) is 50.4 Å². The number of allylic oxidation sites excluding steroid dienone is 2. The Bertz CT molecular complexity index is 1020. The number of halogens is 1.